The standard InChI is InChI=1S/C3H9NOSi/c4-2-1-3-6-5/h1-2,5H,3-4,6H2. The lowest BCUT2D eigenvalue weighted by Crippen LogP contribution is -1.82. The number of nitrogens with two attached hydrogens (primary N) is 1. The predicted octanol–water partition coefficient (Wildman–Crippen LogP) is -1.05. The van der Waals surface area contributed by atoms with Crippen LogP contribution in [-0.4, -0.2) is 14.6 Å². The highest BCUT2D eigenvalue weighted by Gasteiger charge is 1.68. The summed E-state index contributed by atoms with van der Waals surface area (Å²) in [6.07, 6.45) is 3.23. The smallest absolute Gasteiger partial charge is 0.160 e. The largest absolute Gasteiger partial charge is 0.438 e. The van der Waals surface area contributed by atoms with Crippen LogP contribution in [0.2, 0.25) is 6.04 Å². The molecule has 0 aromatic heterocycles. The number of rotatable bonds is 2. The average molecular weight is 103 g/mol. The normalized spacial score (nSPS) is 12.2. The third-order valence-electron chi connectivity index (χ3n) is 0.432. The van der Waals surface area contributed by atoms with Gasteiger partial charge in [0.1, 0.15) is 0 Å². The molecular formula is C3H9NOSi. The second kappa shape index (κ2) is 4.72. The quantitative estimate of drug-likeness (QED) is 0.438. The molecule has 0 atom stereocenters. The fourth-order valence-corrected chi connectivity index (χ4v) is 0.512. The van der Waals surface area contributed by atoms with Crippen LogP contribution in [-0.2, 0) is 0 Å². The number of allylic oxidation sites excluding steroid dienone is 1. The van der Waals surface area contributed by atoms with Crippen molar-refractivity contribution in [2.24, 2.45) is 5.73 Å². The van der Waals surface area contributed by atoms with Crippen molar-refractivity contribution in [3.8, 4) is 0 Å². The lowest BCUT2D eigenvalue weighted by Gasteiger charge is -1.75. The van der Waals surface area contributed by atoms with Gasteiger partial charge < -0.3 is 10.5 Å². The van der Waals surface area contributed by atoms with Gasteiger partial charge >= 0.3 is 0 Å². The van der Waals surface area contributed by atoms with Crippen molar-refractivity contribution < 1.29 is 4.80 Å². The van der Waals surface area contributed by atoms with E-state index in [0.717, 1.165) is 6.04 Å². The van der Waals surface area contributed by atoms with Gasteiger partial charge in [0.05, 0.1) is 0 Å². The summed E-state index contributed by atoms with van der Waals surface area (Å²) in [7, 11) is -0.764. The molecule has 0 aromatic rings. The third-order valence-corrected chi connectivity index (χ3v) is 1.02. The molecule has 0 heterocycles. The molecule has 0 amide bonds. The van der Waals surface area contributed by atoms with E-state index in [9.17, 15) is 0 Å². The van der Waals surface area contributed by atoms with Gasteiger partial charge in [-0.05, 0) is 12.2 Å². The van der Waals surface area contributed by atoms with Crippen LogP contribution < -0.4 is 5.73 Å². The molecule has 3 N–H and O–H groups in total. The molecule has 2 nitrogen and oxygen atoms in total. The van der Waals surface area contributed by atoms with Crippen molar-refractivity contribution in [2.75, 3.05) is 0 Å². The van der Waals surface area contributed by atoms with Crippen molar-refractivity contribution in [1.29, 1.82) is 0 Å². The maximum absolute atomic E-state index is 8.23. The van der Waals surface area contributed by atoms with Gasteiger partial charge in [-0.25, -0.2) is 0 Å². The molecule has 0 rings (SSSR count). The first-order valence-corrected chi connectivity index (χ1v) is 3.52. The molecular weight excluding hydrogens is 94.1 g/mol. The summed E-state index contributed by atoms with van der Waals surface area (Å²) in [5, 5.41) is 0. The van der Waals surface area contributed by atoms with Gasteiger partial charge in [-0.2, -0.15) is 0 Å². The van der Waals surface area contributed by atoms with Gasteiger partial charge in [0.15, 0.2) is 9.76 Å². The second-order valence-electron chi connectivity index (χ2n) is 0.940. The van der Waals surface area contributed by atoms with Crippen molar-refractivity contribution >= 4 is 9.76 Å². The van der Waals surface area contributed by atoms with Crippen molar-refractivity contribution in [1.82, 2.24) is 0 Å². The molecule has 3 heteroatoms. The van der Waals surface area contributed by atoms with Crippen molar-refractivity contribution in [2.45, 2.75) is 6.04 Å². The Bertz CT molecular complexity index is 46.1. The Kier molecular flexibility index (Phi) is 4.49. The Morgan fingerprint density at radius 1 is 1.83 bits per heavy atom. The van der Waals surface area contributed by atoms with Gasteiger partial charge in [0.25, 0.3) is 0 Å². The van der Waals surface area contributed by atoms with Gasteiger partial charge in [0, 0.05) is 0 Å². The van der Waals surface area contributed by atoms with Crippen LogP contribution in [0.3, 0.4) is 0 Å². The van der Waals surface area contributed by atoms with E-state index in [0.29, 0.717) is 0 Å². The van der Waals surface area contributed by atoms with Crippen LogP contribution >= 0.6 is 0 Å². The van der Waals surface area contributed by atoms with E-state index in [2.05, 4.69) is 0 Å². The highest BCUT2D eigenvalue weighted by molar-refractivity contribution is 6.25. The molecule has 0 bridgehead atoms. The highest BCUT2D eigenvalue weighted by atomic mass is 28.2. The zero-order valence-corrected chi connectivity index (χ0v) is 5.01. The molecule has 0 saturated carbocycles. The van der Waals surface area contributed by atoms with E-state index in [4.69, 9.17) is 10.5 Å². The Labute approximate surface area is 39.6 Å². The van der Waals surface area contributed by atoms with Crippen molar-refractivity contribution in [3.05, 3.63) is 12.3 Å². The highest BCUT2D eigenvalue weighted by Crippen LogP contribution is 1.72. The first-order chi connectivity index (χ1) is 2.91. The Hall–Kier alpha value is -0.283. The Morgan fingerprint density at radius 3 is 2.67 bits per heavy atom. The molecule has 0 spiro atoms. The zero-order valence-electron chi connectivity index (χ0n) is 3.59. The lowest BCUT2D eigenvalue weighted by molar-refractivity contribution is 0.605. The summed E-state index contributed by atoms with van der Waals surface area (Å²) in [5.74, 6) is 0. The molecule has 0 saturated heterocycles. The van der Waals surface area contributed by atoms with Gasteiger partial charge in [-0.1, -0.05) is 6.08 Å². The summed E-state index contributed by atoms with van der Waals surface area (Å²) in [4.78, 5) is 8.23. The summed E-state index contributed by atoms with van der Waals surface area (Å²) < 4.78 is 0. The number of hydrogen-bond donors (Lipinski definition) is 2. The first kappa shape index (κ1) is 5.72. The fraction of sp³-hybridized carbons (Fsp3) is 0.333. The molecule has 0 aromatic carbocycles. The lowest BCUT2D eigenvalue weighted by atomic mass is 10.7. The summed E-state index contributed by atoms with van der Waals surface area (Å²) >= 11 is 0. The van der Waals surface area contributed by atoms with Crippen LogP contribution in [0, 0.1) is 0 Å². The first-order valence-electron chi connectivity index (χ1n) is 1.89. The second-order valence-corrected chi connectivity index (χ2v) is 1.96. The monoisotopic (exact) mass is 103 g/mol. The maximum Gasteiger partial charge on any atom is 0.160 e. The fourth-order valence-electron chi connectivity index (χ4n) is 0.171. The molecule has 0 fully saturated rings. The van der Waals surface area contributed by atoms with Crippen LogP contribution in [0.25, 0.3) is 0 Å². The van der Waals surface area contributed by atoms with E-state index in [-0.39, 0.29) is 0 Å². The van der Waals surface area contributed by atoms with E-state index in [1.54, 1.807) is 6.08 Å². The molecule has 0 aliphatic heterocycles. The van der Waals surface area contributed by atoms with Crippen LogP contribution in [0.4, 0.5) is 0 Å². The van der Waals surface area contributed by atoms with Crippen molar-refractivity contribution in [3.63, 3.8) is 0 Å². The Morgan fingerprint density at radius 2 is 2.50 bits per heavy atom. The van der Waals surface area contributed by atoms with E-state index >= 15 is 0 Å². The zero-order chi connectivity index (χ0) is 4.83. The molecule has 0 aliphatic rings. The Balaban J connectivity index is 2.66. The van der Waals surface area contributed by atoms with E-state index in [1.165, 1.54) is 6.20 Å². The van der Waals surface area contributed by atoms with Crippen LogP contribution in [0.15, 0.2) is 12.3 Å². The van der Waals surface area contributed by atoms with Gasteiger partial charge in [-0.3, -0.25) is 0 Å². The SMILES string of the molecule is NC=CC[SiH2]O. The summed E-state index contributed by atoms with van der Waals surface area (Å²) in [6.45, 7) is 0. The minimum Gasteiger partial charge on any atom is -0.438 e. The topological polar surface area (TPSA) is 46.2 Å². The van der Waals surface area contributed by atoms with Crippen LogP contribution in [0.5, 0.6) is 0 Å². The number of hydrogen-bond acceptors (Lipinski definition) is 2. The van der Waals surface area contributed by atoms with Crippen LogP contribution in [0.1, 0.15) is 0 Å². The average Bonchev–Trinajstić information content (AvgIpc) is 1.61. The third kappa shape index (κ3) is 3.72. The molecule has 0 radical (unpaired) electrons. The molecule has 6 heavy (non-hydrogen) atoms. The van der Waals surface area contributed by atoms with Gasteiger partial charge in [-0.15, -0.1) is 0 Å². The van der Waals surface area contributed by atoms with E-state index in [1.807, 2.05) is 0 Å². The predicted molar refractivity (Wildman–Crippen MR) is 28.9 cm³/mol. The molecule has 0 aliphatic carbocycles. The van der Waals surface area contributed by atoms with Gasteiger partial charge in [0.2, 0.25) is 0 Å². The summed E-state index contributed by atoms with van der Waals surface area (Å²) in [5.41, 5.74) is 4.95. The summed E-state index contributed by atoms with van der Waals surface area (Å²) in [6, 6.07) is 0.802. The maximum atomic E-state index is 8.23. The van der Waals surface area contributed by atoms with E-state index < -0.39 is 9.76 Å². The minimum atomic E-state index is -0.764. The minimum absolute atomic E-state index is 0.764. The molecule has 0 unspecified atom stereocenters. The molecule has 36 valence electrons.